The Morgan fingerprint density at radius 2 is 1.26 bits per heavy atom. The van der Waals surface area contributed by atoms with Crippen LogP contribution in [0, 0.1) is 11.6 Å². The summed E-state index contributed by atoms with van der Waals surface area (Å²) in [6, 6.07) is 30.5. The van der Waals surface area contributed by atoms with E-state index in [2.05, 4.69) is 82.9 Å². The average molecular weight is 444 g/mol. The van der Waals surface area contributed by atoms with Gasteiger partial charge in [-0.3, -0.25) is 0 Å². The van der Waals surface area contributed by atoms with Crippen LogP contribution in [0.5, 0.6) is 0 Å². The van der Waals surface area contributed by atoms with Crippen molar-refractivity contribution in [2.75, 3.05) is 0 Å². The van der Waals surface area contributed by atoms with Crippen LogP contribution < -0.4 is 26.7 Å². The summed E-state index contributed by atoms with van der Waals surface area (Å²) in [6.45, 7) is 2.06. The maximum atomic E-state index is 13.6. The van der Waals surface area contributed by atoms with Crippen LogP contribution in [-0.2, 0) is 5.31 Å². The zero-order valence-corrected chi connectivity index (χ0v) is 19.2. The number of rotatable bonds is 5. The molecule has 0 heterocycles. The molecule has 0 aliphatic heterocycles. The van der Waals surface area contributed by atoms with Gasteiger partial charge in [0.05, 0.1) is 0 Å². The van der Waals surface area contributed by atoms with Crippen molar-refractivity contribution in [1.82, 2.24) is 0 Å². The molecule has 1 aliphatic carbocycles. The highest BCUT2D eigenvalue weighted by Crippen LogP contribution is 2.49. The summed E-state index contributed by atoms with van der Waals surface area (Å²) in [5.41, 5.74) is 3.00. The minimum absolute atomic E-state index is 0.284. The van der Waals surface area contributed by atoms with Gasteiger partial charge in [-0.1, -0.05) is 91.2 Å². The minimum atomic E-state index is -0.763. The van der Waals surface area contributed by atoms with Gasteiger partial charge in [-0.2, -0.15) is 0 Å². The van der Waals surface area contributed by atoms with Crippen molar-refractivity contribution in [3.8, 4) is 0 Å². The molecule has 1 unspecified atom stereocenters. The van der Waals surface area contributed by atoms with Gasteiger partial charge in [0.1, 0.15) is 0 Å². The van der Waals surface area contributed by atoms with Crippen molar-refractivity contribution in [1.29, 1.82) is 0 Å². The molecule has 0 radical (unpaired) electrons. The van der Waals surface area contributed by atoms with Crippen molar-refractivity contribution >= 4 is 51.1 Å². The third kappa shape index (κ3) is 3.75. The first kappa shape index (κ1) is 20.6. The van der Waals surface area contributed by atoms with E-state index in [1.165, 1.54) is 38.8 Å². The van der Waals surface area contributed by atoms with E-state index in [1.54, 1.807) is 0 Å². The lowest BCUT2D eigenvalue weighted by atomic mass is 9.55. The van der Waals surface area contributed by atoms with Crippen LogP contribution in [0.15, 0.2) is 91.0 Å². The molecule has 0 saturated heterocycles. The lowest BCUT2D eigenvalue weighted by Gasteiger charge is -2.22. The number of hydrogen-bond donors (Lipinski definition) is 0. The van der Waals surface area contributed by atoms with Crippen molar-refractivity contribution in [2.24, 2.45) is 0 Å². The SMILES string of the molecule is CC1(Bc2ccc(P(c3ccccc3)c3ccccc3)c(P)c2)c2cc(F)c(F)cc21. The minimum Gasteiger partial charge on any atom is -0.204 e. The van der Waals surface area contributed by atoms with E-state index in [-0.39, 0.29) is 5.31 Å². The monoisotopic (exact) mass is 444 g/mol. The van der Waals surface area contributed by atoms with Gasteiger partial charge in [-0.05, 0) is 57.7 Å². The maximum absolute atomic E-state index is 13.6. The quantitative estimate of drug-likeness (QED) is 0.326. The molecular formula is C26H21BF2P2. The summed E-state index contributed by atoms with van der Waals surface area (Å²) in [7, 11) is 2.97. The summed E-state index contributed by atoms with van der Waals surface area (Å²) in [5.74, 6) is -1.53. The topological polar surface area (TPSA) is 0 Å². The van der Waals surface area contributed by atoms with Crippen molar-refractivity contribution in [3.63, 3.8) is 0 Å². The van der Waals surface area contributed by atoms with Gasteiger partial charge in [0.2, 0.25) is 0 Å². The predicted molar refractivity (Wildman–Crippen MR) is 134 cm³/mol. The number of halogens is 2. The van der Waals surface area contributed by atoms with Gasteiger partial charge in [0, 0.05) is 0 Å². The molecule has 0 bridgehead atoms. The van der Waals surface area contributed by atoms with Gasteiger partial charge < -0.3 is 0 Å². The third-order valence-corrected chi connectivity index (χ3v) is 9.34. The van der Waals surface area contributed by atoms with Crippen LogP contribution >= 0.6 is 17.2 Å². The Balaban J connectivity index is 1.49. The highest BCUT2D eigenvalue weighted by atomic mass is 31.1. The summed E-state index contributed by atoms with van der Waals surface area (Å²) in [5, 5.41) is 4.81. The first-order chi connectivity index (χ1) is 15.0. The first-order valence-electron chi connectivity index (χ1n) is 10.3. The average Bonchev–Trinajstić information content (AvgIpc) is 3.32. The molecular weight excluding hydrogens is 423 g/mol. The molecule has 1 aliphatic rings. The molecule has 0 saturated carbocycles. The van der Waals surface area contributed by atoms with Crippen molar-refractivity contribution in [2.45, 2.75) is 12.2 Å². The Labute approximate surface area is 185 Å². The smallest absolute Gasteiger partial charge is 0.174 e. The molecule has 0 amide bonds. The van der Waals surface area contributed by atoms with Gasteiger partial charge in [0.25, 0.3) is 0 Å². The molecule has 0 fully saturated rings. The highest BCUT2D eigenvalue weighted by Gasteiger charge is 2.47. The van der Waals surface area contributed by atoms with Crippen LogP contribution in [0.2, 0.25) is 0 Å². The van der Waals surface area contributed by atoms with Gasteiger partial charge in [-0.25, -0.2) is 8.78 Å². The molecule has 4 aromatic rings. The molecule has 4 aromatic carbocycles. The van der Waals surface area contributed by atoms with E-state index >= 15 is 0 Å². The fraction of sp³-hybridized carbons (Fsp3) is 0.0769. The lowest BCUT2D eigenvalue weighted by Crippen LogP contribution is -2.34. The van der Waals surface area contributed by atoms with E-state index in [0.717, 1.165) is 18.4 Å². The Morgan fingerprint density at radius 3 is 1.74 bits per heavy atom. The van der Waals surface area contributed by atoms with Crippen molar-refractivity contribution in [3.05, 3.63) is 114 Å². The molecule has 5 heteroatoms. The Hall–Kier alpha value is -2.34. The highest BCUT2D eigenvalue weighted by molar-refractivity contribution is 7.80. The lowest BCUT2D eigenvalue weighted by molar-refractivity contribution is 0.509. The summed E-state index contributed by atoms with van der Waals surface area (Å²) in [4.78, 5) is 0. The predicted octanol–water partition coefficient (Wildman–Crippen LogP) is 3.56. The van der Waals surface area contributed by atoms with E-state index < -0.39 is 19.6 Å². The Bertz CT molecular complexity index is 1190. The van der Waals surface area contributed by atoms with Crippen LogP contribution in [0.3, 0.4) is 0 Å². The van der Waals surface area contributed by atoms with E-state index in [9.17, 15) is 8.78 Å². The van der Waals surface area contributed by atoms with Crippen LogP contribution in [-0.4, -0.2) is 7.28 Å². The number of hydrogen-bond acceptors (Lipinski definition) is 0. The number of benzene rings is 4. The van der Waals surface area contributed by atoms with Gasteiger partial charge >= 0.3 is 0 Å². The fourth-order valence-corrected chi connectivity index (χ4v) is 7.47. The standard InChI is InChI=1S/C26H21BF2P2/c1-26(20-15-22(28)23(29)16-21(20)26)27-17-12-13-25(24(30)14-17)31(18-8-4-2-5-9-18)19-10-6-3-7-11-19/h2-16,27H,30H2,1H3. The van der Waals surface area contributed by atoms with E-state index in [0.29, 0.717) is 0 Å². The van der Waals surface area contributed by atoms with Crippen LogP contribution in [0.4, 0.5) is 8.78 Å². The molecule has 0 N–H and O–H groups in total. The molecule has 0 spiro atoms. The second kappa shape index (κ2) is 7.97. The zero-order chi connectivity index (χ0) is 21.6. The largest absolute Gasteiger partial charge is 0.204 e. The summed E-state index contributed by atoms with van der Waals surface area (Å²) in [6.07, 6.45) is 0. The van der Waals surface area contributed by atoms with Gasteiger partial charge in [-0.15, -0.1) is 9.24 Å². The van der Waals surface area contributed by atoms with Crippen molar-refractivity contribution < 1.29 is 8.78 Å². The second-order valence-corrected chi connectivity index (χ2v) is 11.0. The zero-order valence-electron chi connectivity index (χ0n) is 17.1. The normalized spacial score (nSPS) is 13.7. The molecule has 0 nitrogen and oxygen atoms in total. The molecule has 152 valence electrons. The van der Waals surface area contributed by atoms with E-state index in [4.69, 9.17) is 0 Å². The molecule has 31 heavy (non-hydrogen) atoms. The van der Waals surface area contributed by atoms with E-state index in [1.807, 2.05) is 12.1 Å². The molecule has 0 aromatic heterocycles. The fourth-order valence-electron chi connectivity index (χ4n) is 4.43. The first-order valence-corrected chi connectivity index (χ1v) is 12.2. The van der Waals surface area contributed by atoms with Gasteiger partial charge in [0.15, 0.2) is 18.9 Å². The number of fused-ring (bicyclic) bond motifs is 1. The molecule has 1 atom stereocenters. The summed E-state index contributed by atoms with van der Waals surface area (Å²) < 4.78 is 27.3. The second-order valence-electron chi connectivity index (χ2n) is 8.22. The maximum Gasteiger partial charge on any atom is 0.174 e. The van der Waals surface area contributed by atoms with Crippen LogP contribution in [0.25, 0.3) is 0 Å². The summed E-state index contributed by atoms with van der Waals surface area (Å²) >= 11 is 0. The van der Waals surface area contributed by atoms with Crippen LogP contribution in [0.1, 0.15) is 18.1 Å². The Kier molecular flexibility index (Phi) is 5.29. The third-order valence-electron chi connectivity index (χ3n) is 6.11. The Morgan fingerprint density at radius 1 is 0.742 bits per heavy atom. The molecule has 5 rings (SSSR count).